The summed E-state index contributed by atoms with van der Waals surface area (Å²) in [4.78, 5) is 23.6. The summed E-state index contributed by atoms with van der Waals surface area (Å²) >= 11 is 0. The standard InChI is InChI=1S/C20H22N2O5S/c1-14(17-5-4-6-18(13-17)22-28(3,25)26)21-19(23)12-9-15-7-10-16(11-8-15)20(24)27-2/h4-14,22H,1-3H3,(H,21,23)/b12-9+. The molecule has 2 rings (SSSR count). The fourth-order valence-corrected chi connectivity index (χ4v) is 3.01. The first-order valence-electron chi connectivity index (χ1n) is 8.42. The summed E-state index contributed by atoms with van der Waals surface area (Å²) in [5, 5.41) is 2.82. The van der Waals surface area contributed by atoms with Crippen LogP contribution in [0.5, 0.6) is 0 Å². The second-order valence-corrected chi connectivity index (χ2v) is 7.93. The lowest BCUT2D eigenvalue weighted by Crippen LogP contribution is -2.24. The van der Waals surface area contributed by atoms with Crippen LogP contribution in [-0.4, -0.2) is 33.7 Å². The van der Waals surface area contributed by atoms with Crippen molar-refractivity contribution in [2.75, 3.05) is 18.1 Å². The van der Waals surface area contributed by atoms with Crippen molar-refractivity contribution in [3.8, 4) is 0 Å². The van der Waals surface area contributed by atoms with Crippen molar-refractivity contribution in [3.05, 3.63) is 71.3 Å². The monoisotopic (exact) mass is 402 g/mol. The van der Waals surface area contributed by atoms with Crippen LogP contribution in [0.1, 0.15) is 34.5 Å². The molecule has 0 spiro atoms. The first-order chi connectivity index (χ1) is 13.2. The Morgan fingerprint density at radius 3 is 2.39 bits per heavy atom. The lowest BCUT2D eigenvalue weighted by molar-refractivity contribution is -0.117. The summed E-state index contributed by atoms with van der Waals surface area (Å²) < 4.78 is 29.7. The molecule has 7 nitrogen and oxygen atoms in total. The predicted molar refractivity (Wildman–Crippen MR) is 108 cm³/mol. The van der Waals surface area contributed by atoms with E-state index in [0.29, 0.717) is 11.3 Å². The molecule has 0 radical (unpaired) electrons. The topological polar surface area (TPSA) is 102 Å². The Morgan fingerprint density at radius 2 is 1.79 bits per heavy atom. The summed E-state index contributed by atoms with van der Waals surface area (Å²) in [5.74, 6) is -0.722. The van der Waals surface area contributed by atoms with Crippen LogP contribution in [0.2, 0.25) is 0 Å². The highest BCUT2D eigenvalue weighted by Crippen LogP contribution is 2.18. The molecule has 28 heavy (non-hydrogen) atoms. The largest absolute Gasteiger partial charge is 0.465 e. The van der Waals surface area contributed by atoms with Crippen molar-refractivity contribution in [3.63, 3.8) is 0 Å². The Labute approximate surface area is 164 Å². The lowest BCUT2D eigenvalue weighted by atomic mass is 10.1. The number of carbonyl (C=O) groups excluding carboxylic acids is 2. The van der Waals surface area contributed by atoms with Gasteiger partial charge in [0.2, 0.25) is 15.9 Å². The minimum Gasteiger partial charge on any atom is -0.465 e. The zero-order chi connectivity index (χ0) is 20.7. The predicted octanol–water partition coefficient (Wildman–Crippen LogP) is 2.74. The summed E-state index contributed by atoms with van der Waals surface area (Å²) in [5.41, 5.74) is 2.38. The van der Waals surface area contributed by atoms with E-state index in [9.17, 15) is 18.0 Å². The average Bonchev–Trinajstić information content (AvgIpc) is 2.65. The maximum absolute atomic E-state index is 12.2. The number of methoxy groups -OCH3 is 1. The zero-order valence-corrected chi connectivity index (χ0v) is 16.6. The van der Waals surface area contributed by atoms with Crippen molar-refractivity contribution in [2.24, 2.45) is 0 Å². The van der Waals surface area contributed by atoms with Crippen molar-refractivity contribution in [1.82, 2.24) is 5.32 Å². The molecule has 0 aliphatic rings. The molecule has 0 aliphatic heterocycles. The van der Waals surface area contributed by atoms with Crippen LogP contribution in [0, 0.1) is 0 Å². The first kappa shape index (κ1) is 21.2. The van der Waals surface area contributed by atoms with Gasteiger partial charge in [0.25, 0.3) is 0 Å². The minimum atomic E-state index is -3.37. The summed E-state index contributed by atoms with van der Waals surface area (Å²) in [6.45, 7) is 1.80. The Hall–Kier alpha value is -3.13. The molecular weight excluding hydrogens is 380 g/mol. The molecule has 1 unspecified atom stereocenters. The zero-order valence-electron chi connectivity index (χ0n) is 15.8. The van der Waals surface area contributed by atoms with Gasteiger partial charge in [0.05, 0.1) is 25.0 Å². The van der Waals surface area contributed by atoms with E-state index in [0.717, 1.165) is 17.4 Å². The van der Waals surface area contributed by atoms with E-state index < -0.39 is 16.0 Å². The van der Waals surface area contributed by atoms with E-state index in [1.54, 1.807) is 61.5 Å². The molecule has 1 amide bonds. The van der Waals surface area contributed by atoms with Gasteiger partial charge in [-0.05, 0) is 48.4 Å². The molecule has 0 aliphatic carbocycles. The smallest absolute Gasteiger partial charge is 0.337 e. The van der Waals surface area contributed by atoms with Gasteiger partial charge in [-0.3, -0.25) is 9.52 Å². The number of sulfonamides is 1. The maximum atomic E-state index is 12.2. The highest BCUT2D eigenvalue weighted by molar-refractivity contribution is 7.92. The Kier molecular flexibility index (Phi) is 6.94. The third kappa shape index (κ3) is 6.55. The fourth-order valence-electron chi connectivity index (χ4n) is 2.45. The molecule has 0 heterocycles. The minimum absolute atomic E-state index is 0.300. The molecule has 0 bridgehead atoms. The SMILES string of the molecule is COC(=O)c1ccc(/C=C/C(=O)NC(C)c2cccc(NS(C)(=O)=O)c2)cc1. The first-order valence-corrected chi connectivity index (χ1v) is 10.3. The molecule has 0 aromatic heterocycles. The highest BCUT2D eigenvalue weighted by atomic mass is 32.2. The number of hydrogen-bond donors (Lipinski definition) is 2. The lowest BCUT2D eigenvalue weighted by Gasteiger charge is -2.14. The number of benzene rings is 2. The third-order valence-corrected chi connectivity index (χ3v) is 4.41. The van der Waals surface area contributed by atoms with Crippen LogP contribution >= 0.6 is 0 Å². The molecule has 2 N–H and O–H groups in total. The second-order valence-electron chi connectivity index (χ2n) is 6.18. The Balaban J connectivity index is 1.99. The molecule has 2 aromatic rings. The number of nitrogens with one attached hydrogen (secondary N) is 2. The van der Waals surface area contributed by atoms with Gasteiger partial charge >= 0.3 is 5.97 Å². The molecular formula is C20H22N2O5S. The Morgan fingerprint density at radius 1 is 1.11 bits per heavy atom. The molecule has 148 valence electrons. The van der Waals surface area contributed by atoms with Gasteiger partial charge in [-0.1, -0.05) is 24.3 Å². The fraction of sp³-hybridized carbons (Fsp3) is 0.200. The molecule has 8 heteroatoms. The van der Waals surface area contributed by atoms with Gasteiger partial charge in [-0.25, -0.2) is 13.2 Å². The van der Waals surface area contributed by atoms with Gasteiger partial charge in [0.1, 0.15) is 0 Å². The van der Waals surface area contributed by atoms with E-state index >= 15 is 0 Å². The van der Waals surface area contributed by atoms with Crippen LogP contribution < -0.4 is 10.0 Å². The molecule has 0 saturated heterocycles. The quantitative estimate of drug-likeness (QED) is 0.548. The highest BCUT2D eigenvalue weighted by Gasteiger charge is 2.10. The Bertz CT molecular complexity index is 982. The van der Waals surface area contributed by atoms with Gasteiger partial charge in [0, 0.05) is 11.8 Å². The van der Waals surface area contributed by atoms with E-state index in [4.69, 9.17) is 0 Å². The second kappa shape index (κ2) is 9.18. The van der Waals surface area contributed by atoms with Crippen LogP contribution in [0.15, 0.2) is 54.6 Å². The van der Waals surface area contributed by atoms with E-state index in [1.165, 1.54) is 13.2 Å². The molecule has 0 saturated carbocycles. The van der Waals surface area contributed by atoms with Crippen LogP contribution in [0.25, 0.3) is 6.08 Å². The maximum Gasteiger partial charge on any atom is 0.337 e. The number of esters is 1. The van der Waals surface area contributed by atoms with Gasteiger partial charge < -0.3 is 10.1 Å². The summed E-state index contributed by atoms with van der Waals surface area (Å²) in [6.07, 6.45) is 4.10. The van der Waals surface area contributed by atoms with Crippen LogP contribution in [-0.2, 0) is 19.6 Å². The normalized spacial score (nSPS) is 12.4. The number of carbonyl (C=O) groups is 2. The number of hydrogen-bond acceptors (Lipinski definition) is 5. The number of anilines is 1. The molecule has 0 fully saturated rings. The van der Waals surface area contributed by atoms with E-state index in [1.807, 2.05) is 0 Å². The van der Waals surface area contributed by atoms with Crippen molar-refractivity contribution in [2.45, 2.75) is 13.0 Å². The van der Waals surface area contributed by atoms with Gasteiger partial charge in [-0.15, -0.1) is 0 Å². The molecule has 1 atom stereocenters. The number of rotatable bonds is 7. The van der Waals surface area contributed by atoms with E-state index in [-0.39, 0.29) is 11.9 Å². The van der Waals surface area contributed by atoms with Gasteiger partial charge in [0.15, 0.2) is 0 Å². The third-order valence-electron chi connectivity index (χ3n) is 3.81. The van der Waals surface area contributed by atoms with Crippen LogP contribution in [0.4, 0.5) is 5.69 Å². The molecule has 2 aromatic carbocycles. The summed E-state index contributed by atoms with van der Waals surface area (Å²) in [7, 11) is -2.06. The van der Waals surface area contributed by atoms with Crippen molar-refractivity contribution in [1.29, 1.82) is 0 Å². The average molecular weight is 402 g/mol. The number of amides is 1. The van der Waals surface area contributed by atoms with Crippen LogP contribution in [0.3, 0.4) is 0 Å². The number of ether oxygens (including phenoxy) is 1. The van der Waals surface area contributed by atoms with Crippen molar-refractivity contribution < 1.29 is 22.7 Å². The summed E-state index contributed by atoms with van der Waals surface area (Å²) in [6, 6.07) is 13.1. The van der Waals surface area contributed by atoms with Gasteiger partial charge in [-0.2, -0.15) is 0 Å². The van der Waals surface area contributed by atoms with E-state index in [2.05, 4.69) is 14.8 Å². The van der Waals surface area contributed by atoms with Crippen molar-refractivity contribution >= 4 is 33.7 Å².